The quantitative estimate of drug-likeness (QED) is 0.456. The van der Waals surface area contributed by atoms with Crippen LogP contribution in [0.1, 0.15) is 0 Å². The lowest BCUT2D eigenvalue weighted by atomic mass is 10.6. The Bertz CT molecular complexity index is 224. The van der Waals surface area contributed by atoms with E-state index in [4.69, 9.17) is 6.42 Å². The highest BCUT2D eigenvalue weighted by atomic mass is 32.2. The van der Waals surface area contributed by atoms with Gasteiger partial charge in [0, 0.05) is 0 Å². The summed E-state index contributed by atoms with van der Waals surface area (Å²) in [4.78, 5) is 1.69. The van der Waals surface area contributed by atoms with Gasteiger partial charge >= 0.3 is 0 Å². The van der Waals surface area contributed by atoms with E-state index in [9.17, 15) is 8.42 Å². The monoisotopic (exact) mass is 145 g/mol. The molecule has 0 aromatic heterocycles. The average Bonchev–Trinajstić information content (AvgIpc) is 1.62. The van der Waals surface area contributed by atoms with Crippen molar-refractivity contribution in [2.75, 3.05) is 18.3 Å². The van der Waals surface area contributed by atoms with Crippen molar-refractivity contribution in [2.45, 2.75) is 0 Å². The summed E-state index contributed by atoms with van der Waals surface area (Å²) in [5, 5.41) is 0. The minimum absolute atomic E-state index is 0.136. The molecule has 1 aliphatic rings. The summed E-state index contributed by atoms with van der Waals surface area (Å²) in [5.74, 6) is 2.64. The molecule has 9 heavy (non-hydrogen) atoms. The zero-order valence-electron chi connectivity index (χ0n) is 4.87. The summed E-state index contributed by atoms with van der Waals surface area (Å²) in [5.41, 5.74) is 0. The van der Waals surface area contributed by atoms with Gasteiger partial charge in [-0.05, 0) is 0 Å². The van der Waals surface area contributed by atoms with Crippen molar-refractivity contribution in [1.82, 2.24) is 4.90 Å². The third kappa shape index (κ3) is 1.44. The minimum atomic E-state index is -2.72. The summed E-state index contributed by atoms with van der Waals surface area (Å²) in [6.45, 7) is 0.444. The van der Waals surface area contributed by atoms with E-state index in [1.807, 2.05) is 0 Å². The molecule has 50 valence electrons. The molecule has 0 aliphatic carbocycles. The molecule has 0 atom stereocenters. The summed E-state index contributed by atoms with van der Waals surface area (Å²) in [7, 11) is -2.72. The van der Waals surface area contributed by atoms with Gasteiger partial charge in [-0.25, -0.2) is 8.42 Å². The molecule has 0 aromatic rings. The number of sulfone groups is 1. The van der Waals surface area contributed by atoms with Gasteiger partial charge in [-0.3, -0.25) is 4.90 Å². The highest BCUT2D eigenvalue weighted by Gasteiger charge is 2.29. The SMILES string of the molecule is C#CCN1CS(=O)(=O)C1. The molecule has 0 aromatic carbocycles. The van der Waals surface area contributed by atoms with Crippen LogP contribution in [0.4, 0.5) is 0 Å². The van der Waals surface area contributed by atoms with Crippen LogP contribution in [0.3, 0.4) is 0 Å². The highest BCUT2D eigenvalue weighted by Crippen LogP contribution is 2.09. The predicted octanol–water partition coefficient (Wildman–Crippen LogP) is -0.735. The maximum atomic E-state index is 10.5. The van der Waals surface area contributed by atoms with E-state index in [2.05, 4.69) is 5.92 Å². The molecule has 0 amide bonds. The molecule has 0 bridgehead atoms. The zero-order valence-corrected chi connectivity index (χ0v) is 5.69. The second-order valence-electron chi connectivity index (χ2n) is 2.03. The Morgan fingerprint density at radius 2 is 2.11 bits per heavy atom. The molecule has 1 rings (SSSR count). The van der Waals surface area contributed by atoms with Gasteiger partial charge in [0.15, 0.2) is 9.84 Å². The Morgan fingerprint density at radius 1 is 1.56 bits per heavy atom. The molecular formula is C5H7NO2S. The second kappa shape index (κ2) is 2.01. The Morgan fingerprint density at radius 3 is 2.44 bits per heavy atom. The van der Waals surface area contributed by atoms with Gasteiger partial charge in [0.25, 0.3) is 0 Å². The molecule has 0 saturated carbocycles. The van der Waals surface area contributed by atoms with Crippen LogP contribution in [0, 0.1) is 12.3 Å². The number of rotatable bonds is 1. The van der Waals surface area contributed by atoms with Crippen molar-refractivity contribution in [2.24, 2.45) is 0 Å². The molecule has 0 unspecified atom stereocenters. The predicted molar refractivity (Wildman–Crippen MR) is 34.2 cm³/mol. The molecule has 1 saturated heterocycles. The Hall–Kier alpha value is -0.530. The fourth-order valence-electron chi connectivity index (χ4n) is 0.739. The summed E-state index contributed by atoms with van der Waals surface area (Å²) in [6.07, 6.45) is 4.94. The lowest BCUT2D eigenvalue weighted by Gasteiger charge is -2.27. The smallest absolute Gasteiger partial charge is 0.176 e. The second-order valence-corrected chi connectivity index (χ2v) is 4.04. The lowest BCUT2D eigenvalue weighted by Crippen LogP contribution is -2.46. The van der Waals surface area contributed by atoms with E-state index < -0.39 is 9.84 Å². The number of terminal acetylenes is 1. The van der Waals surface area contributed by atoms with Crippen LogP contribution in [0.5, 0.6) is 0 Å². The van der Waals surface area contributed by atoms with Gasteiger partial charge < -0.3 is 0 Å². The fourth-order valence-corrected chi connectivity index (χ4v) is 1.96. The van der Waals surface area contributed by atoms with Crippen LogP contribution in [-0.4, -0.2) is 31.6 Å². The van der Waals surface area contributed by atoms with Crippen molar-refractivity contribution < 1.29 is 8.42 Å². The normalized spacial score (nSPS) is 24.3. The molecule has 1 fully saturated rings. The van der Waals surface area contributed by atoms with Crippen LogP contribution < -0.4 is 0 Å². The lowest BCUT2D eigenvalue weighted by molar-refractivity contribution is 0.353. The third-order valence-electron chi connectivity index (χ3n) is 1.07. The van der Waals surface area contributed by atoms with Gasteiger partial charge in [0.1, 0.15) is 11.8 Å². The topological polar surface area (TPSA) is 37.4 Å². The standard InChI is InChI=1S/C5H7NO2S/c1-2-3-6-4-9(7,8)5-6/h1H,3-5H2. The molecule has 0 N–H and O–H groups in total. The summed E-state index contributed by atoms with van der Waals surface area (Å²) in [6, 6.07) is 0. The first-order chi connectivity index (χ1) is 4.14. The van der Waals surface area contributed by atoms with Gasteiger partial charge in [-0.15, -0.1) is 6.42 Å². The highest BCUT2D eigenvalue weighted by molar-refractivity contribution is 7.92. The van der Waals surface area contributed by atoms with Crippen molar-refractivity contribution in [3.8, 4) is 12.3 Å². The Balaban J connectivity index is 2.38. The van der Waals surface area contributed by atoms with Crippen LogP contribution in [0.25, 0.3) is 0 Å². The van der Waals surface area contributed by atoms with Crippen molar-refractivity contribution in [3.63, 3.8) is 0 Å². The molecule has 1 aliphatic heterocycles. The molecule has 0 radical (unpaired) electrons. The number of nitrogens with zero attached hydrogens (tertiary/aromatic N) is 1. The molecule has 3 nitrogen and oxygen atoms in total. The molecular weight excluding hydrogens is 138 g/mol. The first-order valence-corrected chi connectivity index (χ1v) is 4.32. The third-order valence-corrected chi connectivity index (χ3v) is 2.59. The largest absolute Gasteiger partial charge is 0.264 e. The average molecular weight is 145 g/mol. The summed E-state index contributed by atoms with van der Waals surface area (Å²) < 4.78 is 20.9. The van der Waals surface area contributed by atoms with Gasteiger partial charge in [-0.2, -0.15) is 0 Å². The summed E-state index contributed by atoms with van der Waals surface area (Å²) >= 11 is 0. The minimum Gasteiger partial charge on any atom is -0.264 e. The van der Waals surface area contributed by atoms with Crippen LogP contribution in [-0.2, 0) is 9.84 Å². The van der Waals surface area contributed by atoms with E-state index in [-0.39, 0.29) is 11.8 Å². The van der Waals surface area contributed by atoms with Crippen LogP contribution in [0.15, 0.2) is 0 Å². The molecule has 0 spiro atoms. The Labute approximate surface area is 54.6 Å². The Kier molecular flexibility index (Phi) is 1.47. The van der Waals surface area contributed by atoms with Crippen LogP contribution in [0.2, 0.25) is 0 Å². The van der Waals surface area contributed by atoms with Gasteiger partial charge in [0.05, 0.1) is 6.54 Å². The maximum Gasteiger partial charge on any atom is 0.176 e. The molecule has 1 heterocycles. The first-order valence-electron chi connectivity index (χ1n) is 2.50. The van der Waals surface area contributed by atoms with Crippen molar-refractivity contribution >= 4 is 9.84 Å². The van der Waals surface area contributed by atoms with E-state index in [0.29, 0.717) is 6.54 Å². The van der Waals surface area contributed by atoms with Crippen molar-refractivity contribution in [1.29, 1.82) is 0 Å². The van der Waals surface area contributed by atoms with Gasteiger partial charge in [0.2, 0.25) is 0 Å². The zero-order chi connectivity index (χ0) is 6.91. The number of hydrogen-bond donors (Lipinski definition) is 0. The fraction of sp³-hybridized carbons (Fsp3) is 0.600. The molecule has 4 heteroatoms. The number of hydrogen-bond acceptors (Lipinski definition) is 3. The first kappa shape index (κ1) is 6.59. The van der Waals surface area contributed by atoms with E-state index in [1.165, 1.54) is 0 Å². The van der Waals surface area contributed by atoms with E-state index in [0.717, 1.165) is 0 Å². The van der Waals surface area contributed by atoms with Gasteiger partial charge in [-0.1, -0.05) is 5.92 Å². The van der Waals surface area contributed by atoms with Crippen LogP contribution >= 0.6 is 0 Å². The van der Waals surface area contributed by atoms with E-state index >= 15 is 0 Å². The van der Waals surface area contributed by atoms with Crippen molar-refractivity contribution in [3.05, 3.63) is 0 Å². The maximum absolute atomic E-state index is 10.5. The van der Waals surface area contributed by atoms with E-state index in [1.54, 1.807) is 4.90 Å².